The van der Waals surface area contributed by atoms with Crippen LogP contribution in [0.5, 0.6) is 0 Å². The Morgan fingerprint density at radius 3 is 2.32 bits per heavy atom. The van der Waals surface area contributed by atoms with Crippen molar-refractivity contribution in [1.29, 1.82) is 0 Å². The Balaban J connectivity index is 2.43. The molecule has 1 rings (SSSR count). The van der Waals surface area contributed by atoms with Crippen LogP contribution in [0.15, 0.2) is 24.3 Å². The van der Waals surface area contributed by atoms with Gasteiger partial charge in [0.15, 0.2) is 0 Å². The van der Waals surface area contributed by atoms with Gasteiger partial charge in [-0.05, 0) is 37.3 Å². The van der Waals surface area contributed by atoms with E-state index in [1.165, 1.54) is 11.1 Å². The van der Waals surface area contributed by atoms with Gasteiger partial charge in [0, 0.05) is 13.1 Å². The van der Waals surface area contributed by atoms with Crippen molar-refractivity contribution in [3.05, 3.63) is 35.4 Å². The summed E-state index contributed by atoms with van der Waals surface area (Å²) < 4.78 is 0. The molecule has 3 heteroatoms. The molecule has 0 saturated carbocycles. The molecule has 0 fully saturated rings. The molecule has 0 saturated heterocycles. The topological polar surface area (TPSA) is 55.1 Å². The fraction of sp³-hybridized carbons (Fsp3) is 0.562. The zero-order valence-electron chi connectivity index (χ0n) is 12.5. The molecule has 106 valence electrons. The Morgan fingerprint density at radius 1 is 1.26 bits per heavy atom. The number of carbonyl (C=O) groups excluding carboxylic acids is 1. The van der Waals surface area contributed by atoms with Crippen LogP contribution in [0.4, 0.5) is 0 Å². The molecule has 0 aliphatic carbocycles. The summed E-state index contributed by atoms with van der Waals surface area (Å²) in [5.74, 6) is 0.577. The summed E-state index contributed by atoms with van der Waals surface area (Å²) in [5.41, 5.74) is 7.68. The van der Waals surface area contributed by atoms with Gasteiger partial charge in [0.25, 0.3) is 0 Å². The highest BCUT2D eigenvalue weighted by Crippen LogP contribution is 2.15. The van der Waals surface area contributed by atoms with Crippen molar-refractivity contribution in [2.24, 2.45) is 11.1 Å². The average Bonchev–Trinajstić information content (AvgIpc) is 2.39. The molecule has 0 radical (unpaired) electrons. The van der Waals surface area contributed by atoms with Gasteiger partial charge in [-0.3, -0.25) is 4.79 Å². The van der Waals surface area contributed by atoms with E-state index in [1.54, 1.807) is 0 Å². The normalized spacial score (nSPS) is 11.7. The molecule has 1 amide bonds. The lowest BCUT2D eigenvalue weighted by Gasteiger charge is -2.21. The van der Waals surface area contributed by atoms with Crippen molar-refractivity contribution < 1.29 is 4.79 Å². The summed E-state index contributed by atoms with van der Waals surface area (Å²) in [6, 6.07) is 8.59. The number of hydrogen-bond donors (Lipinski definition) is 2. The fourth-order valence-corrected chi connectivity index (χ4v) is 1.72. The van der Waals surface area contributed by atoms with Crippen molar-refractivity contribution in [3.63, 3.8) is 0 Å². The van der Waals surface area contributed by atoms with E-state index in [9.17, 15) is 4.79 Å². The molecule has 0 heterocycles. The van der Waals surface area contributed by atoms with Crippen molar-refractivity contribution in [2.45, 2.75) is 40.0 Å². The maximum absolute atomic E-state index is 11.8. The standard InChI is InChI=1S/C16H26N2O/c1-12(2)14-7-5-13(6-8-14)9-10-18-15(19)16(3,4)11-17/h5-8,12H,9-11,17H2,1-4H3,(H,18,19). The van der Waals surface area contributed by atoms with Crippen LogP contribution in [0.1, 0.15) is 44.7 Å². The smallest absolute Gasteiger partial charge is 0.226 e. The summed E-state index contributed by atoms with van der Waals surface area (Å²) in [6.07, 6.45) is 0.852. The molecule has 0 bridgehead atoms. The molecule has 1 aromatic rings. The lowest BCUT2D eigenvalue weighted by atomic mass is 9.92. The first-order valence-corrected chi connectivity index (χ1v) is 6.94. The Morgan fingerprint density at radius 2 is 1.84 bits per heavy atom. The van der Waals surface area contributed by atoms with Crippen molar-refractivity contribution in [1.82, 2.24) is 5.32 Å². The van der Waals surface area contributed by atoms with Crippen LogP contribution >= 0.6 is 0 Å². The van der Waals surface area contributed by atoms with Crippen LogP contribution in [-0.4, -0.2) is 19.0 Å². The van der Waals surface area contributed by atoms with Gasteiger partial charge >= 0.3 is 0 Å². The predicted octanol–water partition coefficient (Wildman–Crippen LogP) is 2.45. The Kier molecular flexibility index (Phi) is 5.55. The van der Waals surface area contributed by atoms with Gasteiger partial charge in [-0.2, -0.15) is 0 Å². The lowest BCUT2D eigenvalue weighted by molar-refractivity contribution is -0.128. The molecular weight excluding hydrogens is 236 g/mol. The van der Waals surface area contributed by atoms with E-state index in [1.807, 2.05) is 13.8 Å². The molecule has 0 unspecified atom stereocenters. The molecule has 1 aromatic carbocycles. The zero-order valence-corrected chi connectivity index (χ0v) is 12.5. The Labute approximate surface area is 116 Å². The summed E-state index contributed by atoms with van der Waals surface area (Å²) in [5, 5.41) is 2.94. The highest BCUT2D eigenvalue weighted by molar-refractivity contribution is 5.82. The second kappa shape index (κ2) is 6.71. The molecule has 19 heavy (non-hydrogen) atoms. The van der Waals surface area contributed by atoms with Crippen LogP contribution in [-0.2, 0) is 11.2 Å². The largest absolute Gasteiger partial charge is 0.355 e. The molecule has 3 N–H and O–H groups in total. The number of amides is 1. The zero-order chi connectivity index (χ0) is 14.5. The van der Waals surface area contributed by atoms with Crippen LogP contribution in [0, 0.1) is 5.41 Å². The number of nitrogens with one attached hydrogen (secondary N) is 1. The Bertz CT molecular complexity index is 407. The van der Waals surface area contributed by atoms with Crippen LogP contribution in [0.25, 0.3) is 0 Å². The summed E-state index contributed by atoms with van der Waals surface area (Å²) in [4.78, 5) is 11.8. The molecule has 0 aliphatic rings. The summed E-state index contributed by atoms with van der Waals surface area (Å²) in [6.45, 7) is 9.11. The van der Waals surface area contributed by atoms with E-state index in [-0.39, 0.29) is 5.91 Å². The van der Waals surface area contributed by atoms with Gasteiger partial charge in [0.2, 0.25) is 5.91 Å². The van der Waals surface area contributed by atoms with Crippen LogP contribution in [0.2, 0.25) is 0 Å². The first-order valence-electron chi connectivity index (χ1n) is 6.94. The molecule has 0 aromatic heterocycles. The van der Waals surface area contributed by atoms with Gasteiger partial charge in [-0.15, -0.1) is 0 Å². The highest BCUT2D eigenvalue weighted by atomic mass is 16.2. The first kappa shape index (κ1) is 15.7. The maximum Gasteiger partial charge on any atom is 0.226 e. The molecule has 3 nitrogen and oxygen atoms in total. The minimum atomic E-state index is -0.485. The maximum atomic E-state index is 11.8. The molecule has 0 spiro atoms. The molecular formula is C16H26N2O. The minimum Gasteiger partial charge on any atom is -0.355 e. The number of benzene rings is 1. The van der Waals surface area contributed by atoms with Gasteiger partial charge < -0.3 is 11.1 Å². The van der Waals surface area contributed by atoms with E-state index in [0.29, 0.717) is 19.0 Å². The monoisotopic (exact) mass is 262 g/mol. The van der Waals surface area contributed by atoms with E-state index < -0.39 is 5.41 Å². The van der Waals surface area contributed by atoms with Crippen molar-refractivity contribution in [2.75, 3.05) is 13.1 Å². The number of carbonyl (C=O) groups is 1. The minimum absolute atomic E-state index is 0.0220. The average molecular weight is 262 g/mol. The SMILES string of the molecule is CC(C)c1ccc(CCNC(=O)C(C)(C)CN)cc1. The van der Waals surface area contributed by atoms with Gasteiger partial charge in [0.1, 0.15) is 0 Å². The van der Waals surface area contributed by atoms with Crippen molar-refractivity contribution >= 4 is 5.91 Å². The third-order valence-corrected chi connectivity index (χ3v) is 3.47. The van der Waals surface area contributed by atoms with Gasteiger partial charge in [-0.25, -0.2) is 0 Å². The molecule has 0 aliphatic heterocycles. The van der Waals surface area contributed by atoms with Crippen molar-refractivity contribution in [3.8, 4) is 0 Å². The summed E-state index contributed by atoms with van der Waals surface area (Å²) in [7, 11) is 0. The second-order valence-electron chi connectivity index (χ2n) is 5.99. The Hall–Kier alpha value is -1.35. The van der Waals surface area contributed by atoms with E-state index in [0.717, 1.165) is 6.42 Å². The van der Waals surface area contributed by atoms with Gasteiger partial charge in [-0.1, -0.05) is 38.1 Å². The third kappa shape index (κ3) is 4.67. The van der Waals surface area contributed by atoms with Crippen LogP contribution < -0.4 is 11.1 Å². The van der Waals surface area contributed by atoms with Crippen LogP contribution in [0.3, 0.4) is 0 Å². The van der Waals surface area contributed by atoms with E-state index >= 15 is 0 Å². The quantitative estimate of drug-likeness (QED) is 0.827. The summed E-state index contributed by atoms with van der Waals surface area (Å²) >= 11 is 0. The first-order chi connectivity index (χ1) is 8.86. The number of hydrogen-bond acceptors (Lipinski definition) is 2. The fourth-order valence-electron chi connectivity index (χ4n) is 1.72. The predicted molar refractivity (Wildman–Crippen MR) is 80.1 cm³/mol. The number of rotatable bonds is 6. The lowest BCUT2D eigenvalue weighted by Crippen LogP contribution is -2.42. The molecule has 0 atom stereocenters. The van der Waals surface area contributed by atoms with E-state index in [2.05, 4.69) is 43.4 Å². The van der Waals surface area contributed by atoms with Gasteiger partial charge in [0.05, 0.1) is 5.41 Å². The third-order valence-electron chi connectivity index (χ3n) is 3.47. The second-order valence-corrected chi connectivity index (χ2v) is 5.99. The van der Waals surface area contributed by atoms with E-state index in [4.69, 9.17) is 5.73 Å². The highest BCUT2D eigenvalue weighted by Gasteiger charge is 2.24. The number of nitrogens with two attached hydrogens (primary N) is 1.